The molecule has 0 aromatic heterocycles. The standard InChI is InChI=1S/C17H26N4O4/c1-3-18-14(22)6-4-10-19-16(24)12-20-15(23)7-5-11-21-13(2)8-9-17(21)25/h8-9H,2-7,10-12H2,1H3,(H,18,22)(H,19,24)(H,20,23). The zero-order valence-corrected chi connectivity index (χ0v) is 14.6. The maximum atomic E-state index is 11.7. The molecule has 0 unspecified atom stereocenters. The highest BCUT2D eigenvalue weighted by Gasteiger charge is 2.18. The van der Waals surface area contributed by atoms with Gasteiger partial charge in [-0.3, -0.25) is 19.2 Å². The molecule has 8 nitrogen and oxygen atoms in total. The fraction of sp³-hybridized carbons (Fsp3) is 0.529. The van der Waals surface area contributed by atoms with E-state index in [1.165, 1.54) is 11.0 Å². The first-order chi connectivity index (χ1) is 11.9. The molecule has 1 rings (SSSR count). The van der Waals surface area contributed by atoms with Gasteiger partial charge in [-0.25, -0.2) is 0 Å². The summed E-state index contributed by atoms with van der Waals surface area (Å²) in [6.07, 6.45) is 4.70. The van der Waals surface area contributed by atoms with Gasteiger partial charge in [-0.2, -0.15) is 0 Å². The molecule has 0 aromatic carbocycles. The summed E-state index contributed by atoms with van der Waals surface area (Å²) >= 11 is 0. The number of nitrogens with zero attached hydrogens (tertiary/aromatic N) is 1. The van der Waals surface area contributed by atoms with Crippen LogP contribution in [0.25, 0.3) is 0 Å². The van der Waals surface area contributed by atoms with E-state index in [9.17, 15) is 19.2 Å². The molecule has 1 aliphatic heterocycles. The van der Waals surface area contributed by atoms with Crippen molar-refractivity contribution in [3.63, 3.8) is 0 Å². The van der Waals surface area contributed by atoms with Crippen LogP contribution in [0, 0.1) is 0 Å². The largest absolute Gasteiger partial charge is 0.356 e. The van der Waals surface area contributed by atoms with E-state index in [2.05, 4.69) is 22.5 Å². The van der Waals surface area contributed by atoms with Gasteiger partial charge in [0.2, 0.25) is 17.7 Å². The molecule has 0 fully saturated rings. The number of rotatable bonds is 11. The monoisotopic (exact) mass is 350 g/mol. The highest BCUT2D eigenvalue weighted by molar-refractivity contribution is 5.93. The minimum atomic E-state index is -0.295. The maximum absolute atomic E-state index is 11.7. The minimum Gasteiger partial charge on any atom is -0.356 e. The average molecular weight is 350 g/mol. The van der Waals surface area contributed by atoms with Crippen molar-refractivity contribution >= 4 is 23.6 Å². The van der Waals surface area contributed by atoms with Crippen molar-refractivity contribution in [1.82, 2.24) is 20.9 Å². The molecule has 0 saturated heterocycles. The van der Waals surface area contributed by atoms with Gasteiger partial charge in [0.1, 0.15) is 0 Å². The third-order valence-electron chi connectivity index (χ3n) is 3.54. The van der Waals surface area contributed by atoms with Gasteiger partial charge >= 0.3 is 0 Å². The molecule has 3 N–H and O–H groups in total. The third-order valence-corrected chi connectivity index (χ3v) is 3.54. The van der Waals surface area contributed by atoms with Crippen LogP contribution in [0.4, 0.5) is 0 Å². The Kier molecular flexibility index (Phi) is 8.99. The van der Waals surface area contributed by atoms with Gasteiger partial charge in [0.25, 0.3) is 5.91 Å². The first-order valence-electron chi connectivity index (χ1n) is 8.42. The van der Waals surface area contributed by atoms with Crippen molar-refractivity contribution in [2.24, 2.45) is 0 Å². The lowest BCUT2D eigenvalue weighted by Crippen LogP contribution is -2.37. The van der Waals surface area contributed by atoms with E-state index in [0.29, 0.717) is 44.6 Å². The normalized spacial score (nSPS) is 13.1. The molecular formula is C17H26N4O4. The number of amides is 4. The molecule has 1 aliphatic rings. The Hall–Kier alpha value is -2.64. The molecule has 0 radical (unpaired) electrons. The van der Waals surface area contributed by atoms with Crippen molar-refractivity contribution < 1.29 is 19.2 Å². The van der Waals surface area contributed by atoms with E-state index in [0.717, 1.165) is 0 Å². The summed E-state index contributed by atoms with van der Waals surface area (Å²) in [7, 11) is 0. The van der Waals surface area contributed by atoms with Crippen LogP contribution in [0.15, 0.2) is 24.4 Å². The van der Waals surface area contributed by atoms with E-state index >= 15 is 0 Å². The van der Waals surface area contributed by atoms with Crippen LogP contribution in [0.3, 0.4) is 0 Å². The first kappa shape index (κ1) is 20.4. The topological polar surface area (TPSA) is 108 Å². The maximum Gasteiger partial charge on any atom is 0.251 e. The van der Waals surface area contributed by atoms with Crippen LogP contribution < -0.4 is 16.0 Å². The van der Waals surface area contributed by atoms with Crippen LogP contribution in [-0.4, -0.2) is 54.7 Å². The highest BCUT2D eigenvalue weighted by Crippen LogP contribution is 2.13. The number of nitrogens with one attached hydrogen (secondary N) is 3. The van der Waals surface area contributed by atoms with E-state index in [1.54, 1.807) is 6.08 Å². The van der Waals surface area contributed by atoms with E-state index < -0.39 is 0 Å². The van der Waals surface area contributed by atoms with Gasteiger partial charge in [-0.1, -0.05) is 6.58 Å². The van der Waals surface area contributed by atoms with Crippen LogP contribution in [0.1, 0.15) is 32.6 Å². The first-order valence-corrected chi connectivity index (χ1v) is 8.42. The summed E-state index contributed by atoms with van der Waals surface area (Å²) in [4.78, 5) is 47.5. The SMILES string of the molecule is C=C1C=CC(=O)N1CCCC(=O)NCC(=O)NCCCC(=O)NCC. The van der Waals surface area contributed by atoms with Gasteiger partial charge in [-0.05, 0) is 25.8 Å². The highest BCUT2D eigenvalue weighted by atomic mass is 16.2. The molecule has 4 amide bonds. The number of allylic oxidation sites excluding steroid dienone is 1. The molecule has 0 aliphatic carbocycles. The molecular weight excluding hydrogens is 324 g/mol. The smallest absolute Gasteiger partial charge is 0.251 e. The fourth-order valence-corrected chi connectivity index (χ4v) is 2.23. The Morgan fingerprint density at radius 3 is 2.32 bits per heavy atom. The zero-order valence-electron chi connectivity index (χ0n) is 14.6. The number of hydrogen-bond donors (Lipinski definition) is 3. The summed E-state index contributed by atoms with van der Waals surface area (Å²) in [5.41, 5.74) is 0.623. The van der Waals surface area contributed by atoms with Crippen LogP contribution in [0.2, 0.25) is 0 Å². The quantitative estimate of drug-likeness (QED) is 0.450. The van der Waals surface area contributed by atoms with E-state index in [4.69, 9.17) is 0 Å². The van der Waals surface area contributed by atoms with Crippen molar-refractivity contribution in [3.8, 4) is 0 Å². The van der Waals surface area contributed by atoms with Crippen molar-refractivity contribution in [2.45, 2.75) is 32.6 Å². The van der Waals surface area contributed by atoms with Crippen LogP contribution in [0.5, 0.6) is 0 Å². The van der Waals surface area contributed by atoms with Gasteiger partial charge in [0.05, 0.1) is 6.54 Å². The van der Waals surface area contributed by atoms with Crippen molar-refractivity contribution in [3.05, 3.63) is 24.4 Å². The lowest BCUT2D eigenvalue weighted by atomic mass is 10.2. The van der Waals surface area contributed by atoms with Crippen molar-refractivity contribution in [1.29, 1.82) is 0 Å². The zero-order chi connectivity index (χ0) is 18.7. The molecule has 0 aromatic rings. The van der Waals surface area contributed by atoms with Gasteiger partial charge in [-0.15, -0.1) is 0 Å². The Morgan fingerprint density at radius 2 is 1.68 bits per heavy atom. The second-order valence-electron chi connectivity index (χ2n) is 5.60. The summed E-state index contributed by atoms with van der Waals surface area (Å²) in [6, 6.07) is 0. The van der Waals surface area contributed by atoms with Crippen LogP contribution in [-0.2, 0) is 19.2 Å². The summed E-state index contributed by atoms with van der Waals surface area (Å²) in [5, 5.41) is 7.85. The van der Waals surface area contributed by atoms with E-state index in [-0.39, 0.29) is 36.6 Å². The van der Waals surface area contributed by atoms with Gasteiger partial charge in [0.15, 0.2) is 0 Å². The summed E-state index contributed by atoms with van der Waals surface area (Å²) in [5.74, 6) is -0.712. The molecule has 138 valence electrons. The lowest BCUT2D eigenvalue weighted by Gasteiger charge is -2.16. The van der Waals surface area contributed by atoms with Gasteiger partial charge in [0, 0.05) is 44.2 Å². The second-order valence-corrected chi connectivity index (χ2v) is 5.60. The predicted octanol–water partition coefficient (Wildman–Crippen LogP) is -0.173. The Labute approximate surface area is 147 Å². The third kappa shape index (κ3) is 8.14. The Bertz CT molecular complexity index is 539. The number of carbonyl (C=O) groups excluding carboxylic acids is 4. The van der Waals surface area contributed by atoms with Crippen LogP contribution >= 0.6 is 0 Å². The number of carbonyl (C=O) groups is 4. The molecule has 0 bridgehead atoms. The Balaban J connectivity index is 2.05. The molecule has 25 heavy (non-hydrogen) atoms. The van der Waals surface area contributed by atoms with Crippen molar-refractivity contribution in [2.75, 3.05) is 26.2 Å². The molecule has 0 atom stereocenters. The average Bonchev–Trinajstić information content (AvgIpc) is 2.89. The molecule has 8 heteroatoms. The lowest BCUT2D eigenvalue weighted by molar-refractivity contribution is -0.126. The minimum absolute atomic E-state index is 0.0422. The van der Waals surface area contributed by atoms with Gasteiger partial charge < -0.3 is 20.9 Å². The predicted molar refractivity (Wildman–Crippen MR) is 93.2 cm³/mol. The second kappa shape index (κ2) is 11.0. The molecule has 0 saturated carbocycles. The van der Waals surface area contributed by atoms with E-state index in [1.807, 2.05) is 6.92 Å². The number of hydrogen-bond acceptors (Lipinski definition) is 4. The Morgan fingerprint density at radius 1 is 1.00 bits per heavy atom. The fourth-order valence-electron chi connectivity index (χ4n) is 2.23. The summed E-state index contributed by atoms with van der Waals surface area (Å²) in [6.45, 7) is 6.88. The molecule has 1 heterocycles. The molecule has 0 spiro atoms. The summed E-state index contributed by atoms with van der Waals surface area (Å²) < 4.78 is 0.